The first-order chi connectivity index (χ1) is 8.00. The van der Waals surface area contributed by atoms with Crippen LogP contribution in [0.2, 0.25) is 9.36 Å². The largest absolute Gasteiger partial charge is 0.383 e. The summed E-state index contributed by atoms with van der Waals surface area (Å²) in [6.07, 6.45) is -1.06. The highest BCUT2D eigenvalue weighted by molar-refractivity contribution is 9.10. The molecular weight excluding hydrogens is 350 g/mol. The van der Waals surface area contributed by atoms with Gasteiger partial charge in [-0.05, 0) is 34.1 Å². The van der Waals surface area contributed by atoms with Crippen molar-refractivity contribution in [1.29, 1.82) is 0 Å². The lowest BCUT2D eigenvalue weighted by Crippen LogP contribution is -2.01. The van der Waals surface area contributed by atoms with Crippen molar-refractivity contribution in [3.63, 3.8) is 0 Å². The average molecular weight is 356 g/mol. The van der Waals surface area contributed by atoms with E-state index in [1.165, 1.54) is 17.4 Å². The summed E-state index contributed by atoms with van der Waals surface area (Å²) in [7, 11) is 0. The summed E-state index contributed by atoms with van der Waals surface area (Å²) in [5, 5.41) is 10.0. The molecule has 1 N–H and O–H groups in total. The normalized spacial score (nSPS) is 12.8. The molecule has 1 aromatic heterocycles. The maximum absolute atomic E-state index is 13.9. The number of aliphatic hydroxyl groups excluding tert-OH is 1. The maximum Gasteiger partial charge on any atom is 0.149 e. The molecule has 2 aromatic rings. The van der Waals surface area contributed by atoms with Crippen molar-refractivity contribution >= 4 is 50.5 Å². The highest BCUT2D eigenvalue weighted by atomic mass is 79.9. The predicted molar refractivity (Wildman–Crippen MR) is 72.5 cm³/mol. The molecule has 0 radical (unpaired) electrons. The Balaban J connectivity index is 2.44. The summed E-state index contributed by atoms with van der Waals surface area (Å²) in [4.78, 5) is 0.576. The van der Waals surface area contributed by atoms with Crippen molar-refractivity contribution < 1.29 is 9.50 Å². The third-order valence-corrected chi connectivity index (χ3v) is 4.77. The molecule has 17 heavy (non-hydrogen) atoms. The predicted octanol–water partition coefficient (Wildman–Crippen LogP) is 5.04. The zero-order valence-electron chi connectivity index (χ0n) is 8.25. The first kappa shape index (κ1) is 13.3. The lowest BCUT2D eigenvalue weighted by Gasteiger charge is -2.11. The van der Waals surface area contributed by atoms with E-state index in [0.717, 1.165) is 0 Å². The van der Waals surface area contributed by atoms with Crippen LogP contribution in [0, 0.1) is 5.82 Å². The molecule has 90 valence electrons. The van der Waals surface area contributed by atoms with Gasteiger partial charge in [0.1, 0.15) is 11.9 Å². The van der Waals surface area contributed by atoms with E-state index in [-0.39, 0.29) is 10.6 Å². The number of benzene rings is 1. The highest BCUT2D eigenvalue weighted by Gasteiger charge is 2.19. The van der Waals surface area contributed by atoms with Crippen LogP contribution < -0.4 is 0 Å². The van der Waals surface area contributed by atoms with Gasteiger partial charge in [0.15, 0.2) is 0 Å². The van der Waals surface area contributed by atoms with E-state index in [0.29, 0.717) is 13.7 Å². The SMILES string of the molecule is OC(c1ccc(Cl)s1)c1ccc(Br)c(Cl)c1F. The molecule has 0 bridgehead atoms. The molecule has 0 aliphatic rings. The van der Waals surface area contributed by atoms with E-state index in [4.69, 9.17) is 23.2 Å². The topological polar surface area (TPSA) is 20.2 Å². The molecule has 0 amide bonds. The first-order valence-electron chi connectivity index (χ1n) is 4.57. The lowest BCUT2D eigenvalue weighted by molar-refractivity contribution is 0.219. The molecule has 1 nitrogen and oxygen atoms in total. The minimum absolute atomic E-state index is 0.0378. The van der Waals surface area contributed by atoms with Crippen molar-refractivity contribution in [3.05, 3.63) is 54.4 Å². The van der Waals surface area contributed by atoms with Gasteiger partial charge in [-0.15, -0.1) is 11.3 Å². The molecule has 0 fully saturated rings. The van der Waals surface area contributed by atoms with Gasteiger partial charge >= 0.3 is 0 Å². The summed E-state index contributed by atoms with van der Waals surface area (Å²) in [6, 6.07) is 6.40. The molecule has 0 saturated carbocycles. The fraction of sp³-hybridized carbons (Fsp3) is 0.0909. The number of rotatable bonds is 2. The van der Waals surface area contributed by atoms with Gasteiger partial charge in [-0.25, -0.2) is 4.39 Å². The second-order valence-corrected chi connectivity index (χ2v) is 6.29. The second-order valence-electron chi connectivity index (χ2n) is 3.31. The molecule has 2 rings (SSSR count). The van der Waals surface area contributed by atoms with Crippen LogP contribution in [0.3, 0.4) is 0 Å². The molecule has 0 aliphatic carbocycles. The third-order valence-electron chi connectivity index (χ3n) is 2.22. The van der Waals surface area contributed by atoms with E-state index in [1.54, 1.807) is 18.2 Å². The Morgan fingerprint density at radius 1 is 1.24 bits per heavy atom. The molecule has 1 unspecified atom stereocenters. The quantitative estimate of drug-likeness (QED) is 0.748. The van der Waals surface area contributed by atoms with E-state index >= 15 is 0 Å². The fourth-order valence-electron chi connectivity index (χ4n) is 1.38. The molecule has 1 heterocycles. The van der Waals surface area contributed by atoms with Crippen LogP contribution in [0.5, 0.6) is 0 Å². The Morgan fingerprint density at radius 2 is 1.94 bits per heavy atom. The van der Waals surface area contributed by atoms with Gasteiger partial charge in [0.25, 0.3) is 0 Å². The Hall–Kier alpha value is -0.130. The highest BCUT2D eigenvalue weighted by Crippen LogP contribution is 2.35. The van der Waals surface area contributed by atoms with Crippen molar-refractivity contribution in [3.8, 4) is 0 Å². The van der Waals surface area contributed by atoms with Gasteiger partial charge in [0.2, 0.25) is 0 Å². The van der Waals surface area contributed by atoms with Gasteiger partial charge < -0.3 is 5.11 Å². The number of aliphatic hydroxyl groups is 1. The summed E-state index contributed by atoms with van der Waals surface area (Å²) in [5.74, 6) is -0.627. The third kappa shape index (κ3) is 2.66. The average Bonchev–Trinajstić information content (AvgIpc) is 2.72. The zero-order chi connectivity index (χ0) is 12.6. The Bertz CT molecular complexity index is 558. The van der Waals surface area contributed by atoms with Crippen molar-refractivity contribution in [2.45, 2.75) is 6.10 Å². The van der Waals surface area contributed by atoms with Crippen LogP contribution >= 0.6 is 50.5 Å². The minimum Gasteiger partial charge on any atom is -0.383 e. The first-order valence-corrected chi connectivity index (χ1v) is 6.94. The fourth-order valence-corrected chi connectivity index (χ4v) is 2.93. The number of hydrogen-bond donors (Lipinski definition) is 1. The van der Waals surface area contributed by atoms with E-state index in [9.17, 15) is 9.50 Å². The smallest absolute Gasteiger partial charge is 0.149 e. The van der Waals surface area contributed by atoms with Crippen molar-refractivity contribution in [1.82, 2.24) is 0 Å². The summed E-state index contributed by atoms with van der Waals surface area (Å²) in [6.45, 7) is 0. The number of hydrogen-bond acceptors (Lipinski definition) is 2. The Labute approximate surface area is 120 Å². The Kier molecular flexibility index (Phi) is 4.10. The van der Waals surface area contributed by atoms with E-state index < -0.39 is 11.9 Å². The van der Waals surface area contributed by atoms with Crippen LogP contribution in [0.1, 0.15) is 16.5 Å². The minimum atomic E-state index is -1.06. The number of thiophene rings is 1. The van der Waals surface area contributed by atoms with Crippen LogP contribution in [-0.4, -0.2) is 5.11 Å². The van der Waals surface area contributed by atoms with Crippen LogP contribution in [-0.2, 0) is 0 Å². The maximum atomic E-state index is 13.9. The summed E-state index contributed by atoms with van der Waals surface area (Å²) < 4.78 is 14.9. The van der Waals surface area contributed by atoms with Crippen LogP contribution in [0.25, 0.3) is 0 Å². The molecule has 6 heteroatoms. The van der Waals surface area contributed by atoms with E-state index in [2.05, 4.69) is 15.9 Å². The molecule has 1 atom stereocenters. The summed E-state index contributed by atoms with van der Waals surface area (Å²) >= 11 is 15.9. The summed E-state index contributed by atoms with van der Waals surface area (Å²) in [5.41, 5.74) is 0.136. The molecular formula is C11H6BrCl2FOS. The van der Waals surface area contributed by atoms with Gasteiger partial charge in [-0.2, -0.15) is 0 Å². The van der Waals surface area contributed by atoms with E-state index in [1.807, 2.05) is 0 Å². The van der Waals surface area contributed by atoms with Crippen molar-refractivity contribution in [2.75, 3.05) is 0 Å². The Morgan fingerprint density at radius 3 is 2.53 bits per heavy atom. The van der Waals surface area contributed by atoms with Gasteiger partial charge in [-0.3, -0.25) is 0 Å². The molecule has 1 aromatic carbocycles. The molecule has 0 spiro atoms. The van der Waals surface area contributed by atoms with Crippen LogP contribution in [0.4, 0.5) is 4.39 Å². The van der Waals surface area contributed by atoms with Gasteiger partial charge in [-0.1, -0.05) is 29.3 Å². The standard InChI is InChI=1S/C11H6BrCl2FOS/c12-6-2-1-5(10(15)9(6)14)11(16)7-3-4-8(13)17-7/h1-4,11,16H. The lowest BCUT2D eigenvalue weighted by atomic mass is 10.1. The van der Waals surface area contributed by atoms with Gasteiger partial charge in [0.05, 0.1) is 9.36 Å². The van der Waals surface area contributed by atoms with Crippen LogP contribution in [0.15, 0.2) is 28.7 Å². The monoisotopic (exact) mass is 354 g/mol. The second kappa shape index (κ2) is 5.24. The number of halogens is 4. The van der Waals surface area contributed by atoms with Crippen molar-refractivity contribution in [2.24, 2.45) is 0 Å². The molecule has 0 aliphatic heterocycles. The molecule has 0 saturated heterocycles. The van der Waals surface area contributed by atoms with Gasteiger partial charge in [0, 0.05) is 14.9 Å². The zero-order valence-corrected chi connectivity index (χ0v) is 12.2.